The largest absolute Gasteiger partial charge is 0.333 e. The lowest BCUT2D eigenvalue weighted by Crippen LogP contribution is -2.27. The summed E-state index contributed by atoms with van der Waals surface area (Å²) in [5.74, 6) is 0.491. The number of aromatic nitrogens is 7. The van der Waals surface area contributed by atoms with Crippen molar-refractivity contribution in [1.82, 2.24) is 34.7 Å². The van der Waals surface area contributed by atoms with E-state index in [2.05, 4.69) is 71.5 Å². The molecule has 0 radical (unpaired) electrons. The zero-order valence-corrected chi connectivity index (χ0v) is 23.4. The molecule has 2 aromatic carbocycles. The smallest absolute Gasteiger partial charge is 0.292 e. The number of para-hydroxylation sites is 1. The van der Waals surface area contributed by atoms with E-state index in [0.717, 1.165) is 58.5 Å². The third-order valence-electron chi connectivity index (χ3n) is 6.90. The van der Waals surface area contributed by atoms with Crippen LogP contribution in [0.4, 0.5) is 0 Å². The number of unbranched alkanes of at least 4 members (excludes halogenated alkanes) is 1. The van der Waals surface area contributed by atoms with Crippen LogP contribution in [-0.4, -0.2) is 34.7 Å². The van der Waals surface area contributed by atoms with Crippen molar-refractivity contribution in [2.45, 2.75) is 58.9 Å². The molecule has 0 spiro atoms. The second-order valence-corrected chi connectivity index (χ2v) is 11.1. The van der Waals surface area contributed by atoms with Gasteiger partial charge in [0.15, 0.2) is 0 Å². The number of tetrazole rings is 1. The molecule has 3 heterocycles. The monoisotopic (exact) mass is 541 g/mol. The van der Waals surface area contributed by atoms with Gasteiger partial charge >= 0.3 is 5.69 Å². The number of imidazole rings is 1. The Morgan fingerprint density at radius 1 is 1.03 bits per heavy atom. The number of nitrogens with zero attached hydrogens (tertiary/aromatic N) is 6. The first kappa shape index (κ1) is 26.6. The van der Waals surface area contributed by atoms with E-state index in [4.69, 9.17) is 11.6 Å². The van der Waals surface area contributed by atoms with Crippen molar-refractivity contribution in [2.24, 2.45) is 0 Å². The van der Waals surface area contributed by atoms with E-state index in [1.807, 2.05) is 41.1 Å². The van der Waals surface area contributed by atoms with E-state index in [1.54, 1.807) is 17.0 Å². The minimum Gasteiger partial charge on any atom is -0.292 e. The molecule has 0 fully saturated rings. The number of aromatic amines is 1. The molecule has 5 rings (SSSR count). The first-order chi connectivity index (χ1) is 18.8. The minimum atomic E-state index is -0.172. The number of nitrogens with one attached hydrogen (secondary N) is 1. The van der Waals surface area contributed by atoms with E-state index in [1.165, 1.54) is 0 Å². The fourth-order valence-corrected chi connectivity index (χ4v) is 5.12. The zero-order chi connectivity index (χ0) is 27.6. The molecule has 8 nitrogen and oxygen atoms in total. The van der Waals surface area contributed by atoms with Crippen molar-refractivity contribution in [3.63, 3.8) is 0 Å². The summed E-state index contributed by atoms with van der Waals surface area (Å²) in [5, 5.41) is 15.0. The predicted molar refractivity (Wildman–Crippen MR) is 154 cm³/mol. The van der Waals surface area contributed by atoms with Gasteiger partial charge in [0.25, 0.3) is 0 Å². The van der Waals surface area contributed by atoms with Crippen LogP contribution in [0.2, 0.25) is 5.02 Å². The highest BCUT2D eigenvalue weighted by atomic mass is 35.5. The normalized spacial score (nSPS) is 11.7. The summed E-state index contributed by atoms with van der Waals surface area (Å²) in [4.78, 5) is 18.1. The summed E-state index contributed by atoms with van der Waals surface area (Å²) in [7, 11) is 0. The number of hydrogen-bond acceptors (Lipinski definition) is 5. The van der Waals surface area contributed by atoms with Gasteiger partial charge < -0.3 is 0 Å². The van der Waals surface area contributed by atoms with Crippen molar-refractivity contribution in [1.29, 1.82) is 0 Å². The van der Waals surface area contributed by atoms with Gasteiger partial charge in [0.2, 0.25) is 5.82 Å². The molecule has 9 heteroatoms. The zero-order valence-electron chi connectivity index (χ0n) is 22.6. The Hall–Kier alpha value is -4.04. The number of halogens is 1. The lowest BCUT2D eigenvalue weighted by Gasteiger charge is -2.23. The average Bonchev–Trinajstić information content (AvgIpc) is 3.56. The molecule has 39 heavy (non-hydrogen) atoms. The molecule has 1 N–H and O–H groups in total. The van der Waals surface area contributed by atoms with Crippen molar-refractivity contribution in [3.8, 4) is 28.2 Å². The second-order valence-electron chi connectivity index (χ2n) is 10.7. The third-order valence-corrected chi connectivity index (χ3v) is 7.20. The van der Waals surface area contributed by atoms with E-state index in [0.29, 0.717) is 17.4 Å². The molecule has 0 atom stereocenters. The molecule has 0 saturated carbocycles. The third kappa shape index (κ3) is 5.43. The quantitative estimate of drug-likeness (QED) is 0.251. The Bertz CT molecular complexity index is 1630. The SMILES string of the molecule is CCCCc1cn(-c2c(Cl)cccc2C(C)(C)C)c(=O)n1Cc1ccc(-c2ccncc2-c2nn[nH]n2)cc1. The van der Waals surface area contributed by atoms with Gasteiger partial charge in [-0.1, -0.05) is 82.1 Å². The molecular weight excluding hydrogens is 510 g/mol. The van der Waals surface area contributed by atoms with E-state index < -0.39 is 0 Å². The van der Waals surface area contributed by atoms with Gasteiger partial charge in [0.05, 0.1) is 17.3 Å². The van der Waals surface area contributed by atoms with E-state index in [9.17, 15) is 4.79 Å². The molecule has 0 aliphatic rings. The van der Waals surface area contributed by atoms with Crippen LogP contribution in [-0.2, 0) is 18.4 Å². The molecule has 0 aliphatic carbocycles. The minimum absolute atomic E-state index is 0.0858. The number of benzene rings is 2. The maximum absolute atomic E-state index is 13.9. The molecule has 0 aliphatic heterocycles. The predicted octanol–water partition coefficient (Wildman–Crippen LogP) is 6.22. The molecular formula is C30H32ClN7O. The van der Waals surface area contributed by atoms with Crippen LogP contribution in [0.5, 0.6) is 0 Å². The number of H-pyrrole nitrogens is 1. The molecule has 0 saturated heterocycles. The van der Waals surface area contributed by atoms with E-state index >= 15 is 0 Å². The molecule has 200 valence electrons. The van der Waals surface area contributed by atoms with Crippen LogP contribution >= 0.6 is 11.6 Å². The van der Waals surface area contributed by atoms with Crippen LogP contribution in [0.1, 0.15) is 57.4 Å². The fourth-order valence-electron chi connectivity index (χ4n) is 4.85. The average molecular weight is 542 g/mol. The maximum atomic E-state index is 13.9. The van der Waals surface area contributed by atoms with Gasteiger partial charge in [-0.05, 0) is 57.9 Å². The van der Waals surface area contributed by atoms with Crippen LogP contribution < -0.4 is 5.69 Å². The highest BCUT2D eigenvalue weighted by Crippen LogP contribution is 2.33. The number of rotatable bonds is 8. The van der Waals surface area contributed by atoms with Gasteiger partial charge in [0.1, 0.15) is 0 Å². The van der Waals surface area contributed by atoms with Gasteiger partial charge in [-0.3, -0.25) is 14.1 Å². The summed E-state index contributed by atoms with van der Waals surface area (Å²) in [6, 6.07) is 16.0. The van der Waals surface area contributed by atoms with Crippen molar-refractivity contribution in [3.05, 3.63) is 99.4 Å². The first-order valence-electron chi connectivity index (χ1n) is 13.2. The van der Waals surface area contributed by atoms with Gasteiger partial charge in [-0.25, -0.2) is 4.79 Å². The molecule has 0 amide bonds. The Kier molecular flexibility index (Phi) is 7.48. The van der Waals surface area contributed by atoms with Crippen LogP contribution in [0, 0.1) is 0 Å². The Morgan fingerprint density at radius 2 is 1.82 bits per heavy atom. The van der Waals surface area contributed by atoms with Crippen molar-refractivity contribution < 1.29 is 0 Å². The Labute approximate surface area is 232 Å². The van der Waals surface area contributed by atoms with Gasteiger partial charge in [-0.2, -0.15) is 5.21 Å². The van der Waals surface area contributed by atoms with Crippen molar-refractivity contribution >= 4 is 11.6 Å². The van der Waals surface area contributed by atoms with Gasteiger partial charge in [-0.15, -0.1) is 10.2 Å². The first-order valence-corrected chi connectivity index (χ1v) is 13.5. The Balaban J connectivity index is 1.52. The Morgan fingerprint density at radius 3 is 2.51 bits per heavy atom. The van der Waals surface area contributed by atoms with Crippen LogP contribution in [0.3, 0.4) is 0 Å². The number of hydrogen-bond donors (Lipinski definition) is 1. The lowest BCUT2D eigenvalue weighted by atomic mass is 9.85. The fraction of sp³-hybridized carbons (Fsp3) is 0.300. The summed E-state index contributed by atoms with van der Waals surface area (Å²) < 4.78 is 3.61. The standard InChI is InChI=1S/C30H32ClN7O/c1-5-6-8-22-19-38(27-25(30(2,3)4)9-7-10-26(27)31)29(39)37(22)18-20-11-13-21(14-12-20)23-15-16-32-17-24(23)28-33-35-36-34-28/h7,9-17,19H,5-6,8,18H2,1-4H3,(H,33,34,35,36). The van der Waals surface area contributed by atoms with E-state index in [-0.39, 0.29) is 11.1 Å². The van der Waals surface area contributed by atoms with Crippen molar-refractivity contribution in [2.75, 3.05) is 0 Å². The lowest BCUT2D eigenvalue weighted by molar-refractivity contribution is 0.584. The summed E-state index contributed by atoms with van der Waals surface area (Å²) >= 11 is 6.71. The van der Waals surface area contributed by atoms with Gasteiger partial charge in [0, 0.05) is 29.8 Å². The second kappa shape index (κ2) is 11.0. The number of aryl methyl sites for hydroxylation is 1. The molecule has 5 aromatic rings. The van der Waals surface area contributed by atoms with Crippen LogP contribution in [0.15, 0.2) is 71.9 Å². The molecule has 3 aromatic heterocycles. The maximum Gasteiger partial charge on any atom is 0.333 e. The summed E-state index contributed by atoms with van der Waals surface area (Å²) in [6.45, 7) is 9.03. The topological polar surface area (TPSA) is 94.3 Å². The highest BCUT2D eigenvalue weighted by Gasteiger charge is 2.24. The highest BCUT2D eigenvalue weighted by molar-refractivity contribution is 6.32. The van der Waals surface area contributed by atoms with Crippen LogP contribution in [0.25, 0.3) is 28.2 Å². The molecule has 0 bridgehead atoms. The molecule has 0 unspecified atom stereocenters. The summed E-state index contributed by atoms with van der Waals surface area (Å²) in [5.41, 5.74) is 6.32. The number of pyridine rings is 1. The summed E-state index contributed by atoms with van der Waals surface area (Å²) in [6.07, 6.45) is 8.31.